The number of piperidine rings is 1. The zero-order chi connectivity index (χ0) is 34.1. The smallest absolute Gasteiger partial charge is 0.410 e. The number of carbonyl (C=O) groups excluding carboxylic acids is 1. The van der Waals surface area contributed by atoms with Gasteiger partial charge in [-0.15, -0.1) is 0 Å². The molecule has 0 unspecified atom stereocenters. The molecular formula is C36H54FN7O2. The molecule has 0 aliphatic carbocycles. The van der Waals surface area contributed by atoms with E-state index in [1.54, 1.807) is 17.9 Å². The maximum absolute atomic E-state index is 12.2. The Balaban J connectivity index is 0.000000290. The molecule has 0 saturated carbocycles. The van der Waals surface area contributed by atoms with Crippen LogP contribution in [-0.2, 0) is 17.7 Å². The molecule has 0 radical (unpaired) electrons. The second kappa shape index (κ2) is 19.3. The van der Waals surface area contributed by atoms with Crippen molar-refractivity contribution in [1.29, 1.82) is 0 Å². The van der Waals surface area contributed by atoms with Crippen molar-refractivity contribution >= 4 is 17.4 Å². The van der Waals surface area contributed by atoms with Crippen LogP contribution in [0.1, 0.15) is 96.2 Å². The normalized spacial score (nSPS) is 13.3. The van der Waals surface area contributed by atoms with Gasteiger partial charge >= 0.3 is 6.09 Å². The average Bonchev–Trinajstić information content (AvgIpc) is 3.62. The fourth-order valence-electron chi connectivity index (χ4n) is 4.83. The second-order valence-electron chi connectivity index (χ2n) is 12.2. The number of allylic oxidation sites excluding steroid dienone is 2. The second-order valence-corrected chi connectivity index (χ2v) is 12.2. The highest BCUT2D eigenvalue weighted by molar-refractivity contribution is 5.71. The summed E-state index contributed by atoms with van der Waals surface area (Å²) in [7, 11) is 0. The van der Waals surface area contributed by atoms with E-state index >= 15 is 0 Å². The molecule has 9 nitrogen and oxygen atoms in total. The maximum Gasteiger partial charge on any atom is 0.410 e. The molecule has 1 aliphatic heterocycles. The number of alkyl halides is 1. The first-order valence-corrected chi connectivity index (χ1v) is 16.3. The molecule has 1 amide bonds. The number of amides is 1. The predicted octanol–water partition coefficient (Wildman–Crippen LogP) is 8.18. The Kier molecular flexibility index (Phi) is 16.0. The number of nitrogens with two attached hydrogens (primary N) is 1. The number of fused-ring (bicyclic) bond motifs is 1. The Hall–Kier alpha value is -4.21. The van der Waals surface area contributed by atoms with Crippen LogP contribution < -0.4 is 5.73 Å². The highest BCUT2D eigenvalue weighted by atomic mass is 19.1. The van der Waals surface area contributed by atoms with Gasteiger partial charge in [-0.3, -0.25) is 4.68 Å². The minimum atomic E-state index is -0.462. The number of hydrogen-bond donors (Lipinski definition) is 1. The Labute approximate surface area is 274 Å². The number of halogens is 1. The van der Waals surface area contributed by atoms with Crippen molar-refractivity contribution in [3.05, 3.63) is 89.7 Å². The number of carbonyl (C=O) groups is 1. The Morgan fingerprint density at radius 2 is 1.76 bits per heavy atom. The number of anilines is 1. The molecular weight excluding hydrogens is 581 g/mol. The van der Waals surface area contributed by atoms with Gasteiger partial charge in [0, 0.05) is 30.9 Å². The number of nitrogen functional groups attached to an aromatic ring is 1. The van der Waals surface area contributed by atoms with Crippen LogP contribution in [0.25, 0.3) is 5.52 Å². The highest BCUT2D eigenvalue weighted by Crippen LogP contribution is 2.32. The van der Waals surface area contributed by atoms with Crippen LogP contribution in [0.2, 0.25) is 0 Å². The summed E-state index contributed by atoms with van der Waals surface area (Å²) in [6, 6.07) is 14.5. The summed E-state index contributed by atoms with van der Waals surface area (Å²) in [4.78, 5) is 18.1. The minimum Gasteiger partial charge on any atom is -0.444 e. The molecule has 1 aliphatic rings. The molecule has 4 aromatic rings. The molecule has 4 heterocycles. The van der Waals surface area contributed by atoms with Crippen LogP contribution in [0.15, 0.2) is 67.1 Å². The zero-order valence-electron chi connectivity index (χ0n) is 29.0. The van der Waals surface area contributed by atoms with E-state index in [4.69, 9.17) is 10.5 Å². The fourth-order valence-corrected chi connectivity index (χ4v) is 4.83. The monoisotopic (exact) mass is 635 g/mol. The number of aryl methyl sites for hydroxylation is 2. The van der Waals surface area contributed by atoms with Crippen LogP contribution in [0.5, 0.6) is 0 Å². The SMILES string of the molecule is C/C=C\CF.CCC.CCc1cc(C2CCN(C(=O)OC(C)(C)C)CC2)n2ncnc(N)c12.Cc1ccn(Cc2ccccc2)n1. The van der Waals surface area contributed by atoms with Gasteiger partial charge in [0.25, 0.3) is 0 Å². The lowest BCUT2D eigenvalue weighted by molar-refractivity contribution is 0.0203. The molecule has 2 N–H and O–H groups in total. The Morgan fingerprint density at radius 1 is 1.11 bits per heavy atom. The van der Waals surface area contributed by atoms with E-state index in [2.05, 4.69) is 54.2 Å². The van der Waals surface area contributed by atoms with Crippen molar-refractivity contribution < 1.29 is 13.9 Å². The molecule has 1 fully saturated rings. The summed E-state index contributed by atoms with van der Waals surface area (Å²) in [5.74, 6) is 0.866. The predicted molar refractivity (Wildman–Crippen MR) is 186 cm³/mol. The number of hydrogen-bond acceptors (Lipinski definition) is 6. The van der Waals surface area contributed by atoms with Crippen molar-refractivity contribution in [2.24, 2.45) is 0 Å². The summed E-state index contributed by atoms with van der Waals surface area (Å²) in [6.07, 6.45) is 10.3. The van der Waals surface area contributed by atoms with Gasteiger partial charge < -0.3 is 15.4 Å². The average molecular weight is 636 g/mol. The standard InChI is InChI=1S/C18H27N5O2.C11H12N2.C4H7F.C3H8/c1-5-12-10-14(23-15(12)16(19)20-11-21-23)13-6-8-22(9-7-13)17(24)25-18(2,3)4;1-10-7-8-13(12-10)9-11-5-3-2-4-6-11;1-2-3-4-5;1-3-2/h10-11,13H,5-9H2,1-4H3,(H2,19,20,21);2-8H,9H2,1H3;2-3H,4H2,1H3;3H2,1-2H3/b;;3-2-;. The zero-order valence-corrected chi connectivity index (χ0v) is 29.0. The summed E-state index contributed by atoms with van der Waals surface area (Å²) in [6.45, 7) is 17.7. The van der Waals surface area contributed by atoms with Gasteiger partial charge in [-0.1, -0.05) is 69.7 Å². The van der Waals surface area contributed by atoms with Crippen LogP contribution in [0.3, 0.4) is 0 Å². The largest absolute Gasteiger partial charge is 0.444 e. The molecule has 0 bridgehead atoms. The number of nitrogens with zero attached hydrogens (tertiary/aromatic N) is 6. The molecule has 10 heteroatoms. The van der Waals surface area contributed by atoms with Gasteiger partial charge in [0.05, 0.1) is 12.2 Å². The molecule has 252 valence electrons. The van der Waals surface area contributed by atoms with Gasteiger partial charge in [0.1, 0.15) is 24.1 Å². The summed E-state index contributed by atoms with van der Waals surface area (Å²) >= 11 is 0. The minimum absolute atomic E-state index is 0.230. The molecule has 46 heavy (non-hydrogen) atoms. The Bertz CT molecular complexity index is 1470. The number of rotatable bonds is 5. The fraction of sp³-hybridized carbons (Fsp3) is 0.500. The number of aromatic nitrogens is 5. The first-order valence-electron chi connectivity index (χ1n) is 16.3. The molecule has 3 aromatic heterocycles. The van der Waals surface area contributed by atoms with E-state index in [-0.39, 0.29) is 12.8 Å². The van der Waals surface area contributed by atoms with Crippen molar-refractivity contribution in [1.82, 2.24) is 29.3 Å². The van der Waals surface area contributed by atoms with Gasteiger partial charge in [-0.25, -0.2) is 18.7 Å². The summed E-state index contributed by atoms with van der Waals surface area (Å²) in [5, 5.41) is 8.73. The third-order valence-electron chi connectivity index (χ3n) is 6.92. The molecule has 1 saturated heterocycles. The van der Waals surface area contributed by atoms with Crippen molar-refractivity contribution in [3.8, 4) is 0 Å². The number of ether oxygens (including phenoxy) is 1. The van der Waals surface area contributed by atoms with Crippen LogP contribution in [0, 0.1) is 6.92 Å². The lowest BCUT2D eigenvalue weighted by Crippen LogP contribution is -2.41. The van der Waals surface area contributed by atoms with E-state index in [1.807, 2.05) is 67.4 Å². The summed E-state index contributed by atoms with van der Waals surface area (Å²) in [5.41, 5.74) is 11.2. The van der Waals surface area contributed by atoms with E-state index in [0.717, 1.165) is 42.7 Å². The van der Waals surface area contributed by atoms with Gasteiger partial charge in [0.2, 0.25) is 0 Å². The van der Waals surface area contributed by atoms with Crippen molar-refractivity contribution in [3.63, 3.8) is 0 Å². The van der Waals surface area contributed by atoms with E-state index in [9.17, 15) is 9.18 Å². The first kappa shape index (κ1) is 38.0. The van der Waals surface area contributed by atoms with Crippen molar-refractivity contribution in [2.75, 3.05) is 25.5 Å². The van der Waals surface area contributed by atoms with Crippen LogP contribution in [-0.4, -0.2) is 60.7 Å². The molecule has 0 spiro atoms. The molecule has 0 atom stereocenters. The van der Waals surface area contributed by atoms with Crippen LogP contribution in [0.4, 0.5) is 15.0 Å². The quantitative estimate of drug-likeness (QED) is 0.222. The topological polar surface area (TPSA) is 104 Å². The third-order valence-corrected chi connectivity index (χ3v) is 6.92. The first-order chi connectivity index (χ1) is 22.0. The van der Waals surface area contributed by atoms with E-state index < -0.39 is 5.60 Å². The molecule has 1 aromatic carbocycles. The Morgan fingerprint density at radius 3 is 2.26 bits per heavy atom. The van der Waals surface area contributed by atoms with Gasteiger partial charge in [0.15, 0.2) is 5.82 Å². The number of likely N-dealkylation sites (tertiary alicyclic amines) is 1. The molecule has 5 rings (SSSR count). The summed E-state index contributed by atoms with van der Waals surface area (Å²) < 4.78 is 20.3. The van der Waals surface area contributed by atoms with E-state index in [0.29, 0.717) is 24.8 Å². The van der Waals surface area contributed by atoms with Crippen molar-refractivity contribution in [2.45, 2.75) is 99.1 Å². The lowest BCUT2D eigenvalue weighted by atomic mass is 9.93. The highest BCUT2D eigenvalue weighted by Gasteiger charge is 2.29. The lowest BCUT2D eigenvalue weighted by Gasteiger charge is -2.33. The maximum atomic E-state index is 12.2. The van der Waals surface area contributed by atoms with Gasteiger partial charge in [-0.05, 0) is 77.1 Å². The number of benzene rings is 1. The van der Waals surface area contributed by atoms with Crippen LogP contribution >= 0.6 is 0 Å². The third kappa shape index (κ3) is 12.3. The van der Waals surface area contributed by atoms with Gasteiger partial charge in [-0.2, -0.15) is 10.2 Å². The van der Waals surface area contributed by atoms with E-state index in [1.165, 1.54) is 30.0 Å².